The van der Waals surface area contributed by atoms with E-state index < -0.39 is 30.2 Å². The van der Waals surface area contributed by atoms with Gasteiger partial charge in [0.05, 0.1) is 37.8 Å². The Kier molecular flexibility index (Phi) is 11.1. The number of methoxy groups -OCH3 is 2. The molecule has 0 saturated heterocycles. The van der Waals surface area contributed by atoms with Gasteiger partial charge < -0.3 is 18.9 Å². The topological polar surface area (TPSA) is 154 Å². The number of esters is 2. The number of nitrogens with one attached hydrogen (secondary N) is 2. The van der Waals surface area contributed by atoms with Gasteiger partial charge in [0, 0.05) is 11.1 Å². The second-order valence-electron chi connectivity index (χ2n) is 9.07. The summed E-state index contributed by atoms with van der Waals surface area (Å²) in [6.07, 6.45) is 2.00. The van der Waals surface area contributed by atoms with Crippen LogP contribution in [-0.4, -0.2) is 50.4 Å². The zero-order valence-corrected chi connectivity index (χ0v) is 24.3. The van der Waals surface area contributed by atoms with E-state index in [1.54, 1.807) is 97.1 Å². The number of hydrogen-bond donors (Lipinski definition) is 2. The van der Waals surface area contributed by atoms with Crippen LogP contribution in [0.15, 0.2) is 107 Å². The zero-order valence-electron chi connectivity index (χ0n) is 24.3. The molecule has 0 bridgehead atoms. The average Bonchev–Trinajstić information content (AvgIpc) is 3.06. The van der Waals surface area contributed by atoms with Crippen LogP contribution >= 0.6 is 0 Å². The maximum Gasteiger partial charge on any atom is 0.343 e. The molecule has 4 rings (SSSR count). The first-order valence-electron chi connectivity index (χ1n) is 13.4. The van der Waals surface area contributed by atoms with Gasteiger partial charge in [0.2, 0.25) is 11.8 Å². The van der Waals surface area contributed by atoms with E-state index >= 15 is 0 Å². The van der Waals surface area contributed by atoms with Crippen molar-refractivity contribution in [3.8, 4) is 23.0 Å². The molecule has 0 atom stereocenters. The molecule has 0 aromatic heterocycles. The molecule has 0 aliphatic carbocycles. The Labute approximate surface area is 258 Å². The number of benzene rings is 4. The van der Waals surface area contributed by atoms with Crippen LogP contribution in [0.2, 0.25) is 0 Å². The Morgan fingerprint density at radius 1 is 0.578 bits per heavy atom. The summed E-state index contributed by atoms with van der Waals surface area (Å²) in [4.78, 5) is 49.5. The average molecular weight is 609 g/mol. The van der Waals surface area contributed by atoms with Crippen LogP contribution in [0.25, 0.3) is 0 Å². The van der Waals surface area contributed by atoms with E-state index in [0.29, 0.717) is 33.8 Å². The molecule has 0 spiro atoms. The Balaban J connectivity index is 1.27. The minimum atomic E-state index is -0.708. The lowest BCUT2D eigenvalue weighted by atomic mass is 10.2. The standard InChI is InChI=1S/C33H28N4O8/c1-42-26-15-11-22(12-16-26)32(40)44-28-9-5-3-7-24(28)20-34-36-30(38)19-31(39)37-35-21-25-8-4-6-10-29(25)45-33(41)23-13-17-27(43-2)18-14-23/h3-18,20-21H,19H2,1-2H3,(H,36,38)(H,37,39)/b34-20-,35-21-. The Morgan fingerprint density at radius 2 is 0.956 bits per heavy atom. The molecule has 12 nitrogen and oxygen atoms in total. The molecule has 12 heteroatoms. The van der Waals surface area contributed by atoms with Crippen molar-refractivity contribution < 1.29 is 38.1 Å². The van der Waals surface area contributed by atoms with Gasteiger partial charge in [-0.05, 0) is 72.8 Å². The van der Waals surface area contributed by atoms with Gasteiger partial charge in [-0.1, -0.05) is 24.3 Å². The summed E-state index contributed by atoms with van der Waals surface area (Å²) in [5.74, 6) is -0.942. The molecule has 0 fully saturated rings. The minimum absolute atomic E-state index is 0.221. The van der Waals surface area contributed by atoms with Crippen molar-refractivity contribution in [1.82, 2.24) is 10.9 Å². The highest BCUT2D eigenvalue weighted by Crippen LogP contribution is 2.20. The summed E-state index contributed by atoms with van der Waals surface area (Å²) in [6, 6.07) is 26.1. The smallest absolute Gasteiger partial charge is 0.343 e. The summed E-state index contributed by atoms with van der Waals surface area (Å²) in [5, 5.41) is 7.71. The molecule has 4 aromatic rings. The number of para-hydroxylation sites is 2. The zero-order chi connectivity index (χ0) is 32.0. The highest BCUT2D eigenvalue weighted by Gasteiger charge is 2.13. The maximum atomic E-state index is 12.5. The number of carbonyl (C=O) groups is 4. The molecule has 2 N–H and O–H groups in total. The van der Waals surface area contributed by atoms with Crippen molar-refractivity contribution >= 4 is 36.2 Å². The summed E-state index contributed by atoms with van der Waals surface area (Å²) >= 11 is 0. The maximum absolute atomic E-state index is 12.5. The predicted octanol–water partition coefficient (Wildman–Crippen LogP) is 4.13. The van der Waals surface area contributed by atoms with Crippen molar-refractivity contribution in [2.24, 2.45) is 10.2 Å². The first-order valence-corrected chi connectivity index (χ1v) is 13.4. The molecule has 0 saturated carbocycles. The normalized spacial score (nSPS) is 10.7. The van der Waals surface area contributed by atoms with Crippen molar-refractivity contribution in [2.45, 2.75) is 6.42 Å². The van der Waals surface area contributed by atoms with Gasteiger partial charge in [0.25, 0.3) is 0 Å². The van der Waals surface area contributed by atoms with E-state index in [-0.39, 0.29) is 11.5 Å². The second kappa shape index (κ2) is 15.8. The van der Waals surface area contributed by atoms with Gasteiger partial charge >= 0.3 is 11.9 Å². The quantitative estimate of drug-likeness (QED) is 0.0800. The van der Waals surface area contributed by atoms with Crippen molar-refractivity contribution in [3.63, 3.8) is 0 Å². The number of carbonyl (C=O) groups excluding carboxylic acids is 4. The van der Waals surface area contributed by atoms with Crippen molar-refractivity contribution in [3.05, 3.63) is 119 Å². The SMILES string of the molecule is COc1ccc(C(=O)Oc2ccccc2/C=N\NC(=O)CC(=O)N/N=C\c2ccccc2OC(=O)c2ccc(OC)cc2)cc1. The largest absolute Gasteiger partial charge is 0.497 e. The lowest BCUT2D eigenvalue weighted by Crippen LogP contribution is -2.27. The van der Waals surface area contributed by atoms with Crippen LogP contribution in [0.1, 0.15) is 38.3 Å². The third kappa shape index (κ3) is 9.35. The minimum Gasteiger partial charge on any atom is -0.497 e. The molecule has 4 aromatic carbocycles. The third-order valence-electron chi connectivity index (χ3n) is 6.00. The van der Waals surface area contributed by atoms with E-state index in [1.807, 2.05) is 0 Å². The number of ether oxygens (including phenoxy) is 4. The summed E-state index contributed by atoms with van der Waals surface area (Å²) in [7, 11) is 3.05. The summed E-state index contributed by atoms with van der Waals surface area (Å²) < 4.78 is 21.1. The van der Waals surface area contributed by atoms with Crippen LogP contribution in [0.4, 0.5) is 0 Å². The van der Waals surface area contributed by atoms with E-state index in [0.717, 1.165) is 0 Å². The van der Waals surface area contributed by atoms with Crippen molar-refractivity contribution in [2.75, 3.05) is 14.2 Å². The Bertz CT molecular complexity index is 1590. The van der Waals surface area contributed by atoms with Crippen LogP contribution in [-0.2, 0) is 9.59 Å². The monoisotopic (exact) mass is 608 g/mol. The van der Waals surface area contributed by atoms with Crippen LogP contribution < -0.4 is 29.8 Å². The van der Waals surface area contributed by atoms with E-state index in [4.69, 9.17) is 18.9 Å². The van der Waals surface area contributed by atoms with Gasteiger partial charge in [-0.3, -0.25) is 9.59 Å². The molecule has 2 amide bonds. The van der Waals surface area contributed by atoms with Gasteiger partial charge in [-0.2, -0.15) is 10.2 Å². The fourth-order valence-electron chi connectivity index (χ4n) is 3.70. The second-order valence-corrected chi connectivity index (χ2v) is 9.07. The molecule has 0 aliphatic heterocycles. The lowest BCUT2D eigenvalue weighted by molar-refractivity contribution is -0.129. The van der Waals surface area contributed by atoms with E-state index in [9.17, 15) is 19.2 Å². The van der Waals surface area contributed by atoms with Gasteiger partial charge in [0.1, 0.15) is 29.4 Å². The lowest BCUT2D eigenvalue weighted by Gasteiger charge is -2.08. The molecular weight excluding hydrogens is 580 g/mol. The fraction of sp³-hybridized carbons (Fsp3) is 0.0909. The molecule has 0 aliphatic rings. The Hall–Kier alpha value is -6.30. The third-order valence-corrected chi connectivity index (χ3v) is 6.00. The molecule has 0 unspecified atom stereocenters. The fourth-order valence-corrected chi connectivity index (χ4v) is 3.70. The van der Waals surface area contributed by atoms with Crippen LogP contribution in [0.5, 0.6) is 23.0 Å². The number of hydrogen-bond acceptors (Lipinski definition) is 10. The number of nitrogens with zero attached hydrogens (tertiary/aromatic N) is 2. The summed E-state index contributed by atoms with van der Waals surface area (Å²) in [5.41, 5.74) is 5.97. The highest BCUT2D eigenvalue weighted by atomic mass is 16.5. The molecule has 0 radical (unpaired) electrons. The Morgan fingerprint density at radius 3 is 1.33 bits per heavy atom. The highest BCUT2D eigenvalue weighted by molar-refractivity contribution is 5.98. The molecule has 0 heterocycles. The number of rotatable bonds is 12. The van der Waals surface area contributed by atoms with Crippen LogP contribution in [0, 0.1) is 0 Å². The summed E-state index contributed by atoms with van der Waals surface area (Å²) in [6.45, 7) is 0. The van der Waals surface area contributed by atoms with Gasteiger partial charge in [-0.15, -0.1) is 0 Å². The number of amides is 2. The molecule has 45 heavy (non-hydrogen) atoms. The van der Waals surface area contributed by atoms with Gasteiger partial charge in [-0.25, -0.2) is 20.4 Å². The first kappa shape index (κ1) is 31.6. The first-order chi connectivity index (χ1) is 21.9. The van der Waals surface area contributed by atoms with E-state index in [1.165, 1.54) is 26.6 Å². The molecule has 228 valence electrons. The molecular formula is C33H28N4O8. The van der Waals surface area contributed by atoms with E-state index in [2.05, 4.69) is 21.1 Å². The number of hydrazone groups is 2. The van der Waals surface area contributed by atoms with Crippen molar-refractivity contribution in [1.29, 1.82) is 0 Å². The van der Waals surface area contributed by atoms with Crippen LogP contribution in [0.3, 0.4) is 0 Å². The predicted molar refractivity (Wildman–Crippen MR) is 165 cm³/mol. The van der Waals surface area contributed by atoms with Gasteiger partial charge in [0.15, 0.2) is 0 Å².